The van der Waals surface area contributed by atoms with Gasteiger partial charge >= 0.3 is 0 Å². The molecule has 0 saturated heterocycles. The molecule has 2 aromatic carbocycles. The largest absolute Gasteiger partial charge is 0.455 e. The maximum Gasteiger partial charge on any atom is 0.273 e. The van der Waals surface area contributed by atoms with E-state index in [1.54, 1.807) is 48.5 Å². The number of aliphatic hydroxyl groups excluding tert-OH is 1. The van der Waals surface area contributed by atoms with Gasteiger partial charge in [-0.3, -0.25) is 4.79 Å². The topological polar surface area (TPSA) is 74.8 Å². The normalized spacial score (nSPS) is 12.2. The fraction of sp³-hybridized carbons (Fsp3) is 0.0526. The van der Waals surface area contributed by atoms with Gasteiger partial charge in [0.15, 0.2) is 6.10 Å². The van der Waals surface area contributed by atoms with Crippen molar-refractivity contribution in [1.29, 1.82) is 0 Å². The zero-order valence-electron chi connectivity index (χ0n) is 13.1. The molecule has 0 radical (unpaired) electrons. The lowest BCUT2D eigenvalue weighted by Gasteiger charge is -2.08. The Labute approximate surface area is 149 Å². The number of benzene rings is 2. The number of nitrogens with zero attached hydrogens (tertiary/aromatic N) is 1. The van der Waals surface area contributed by atoms with Gasteiger partial charge in [-0.1, -0.05) is 54.1 Å². The van der Waals surface area contributed by atoms with E-state index in [1.165, 1.54) is 6.21 Å². The molecule has 3 aromatic rings. The summed E-state index contributed by atoms with van der Waals surface area (Å²) in [6, 6.07) is 19.4. The molecule has 0 spiro atoms. The van der Waals surface area contributed by atoms with Crippen LogP contribution in [0.5, 0.6) is 0 Å². The van der Waals surface area contributed by atoms with Crippen LogP contribution in [0.1, 0.15) is 17.4 Å². The summed E-state index contributed by atoms with van der Waals surface area (Å²) in [4.78, 5) is 11.9. The van der Waals surface area contributed by atoms with Crippen LogP contribution in [0.3, 0.4) is 0 Å². The second-order valence-electron chi connectivity index (χ2n) is 5.23. The Morgan fingerprint density at radius 1 is 1.08 bits per heavy atom. The predicted molar refractivity (Wildman–Crippen MR) is 96.3 cm³/mol. The lowest BCUT2D eigenvalue weighted by atomic mass is 10.1. The number of hydrogen-bond acceptors (Lipinski definition) is 4. The van der Waals surface area contributed by atoms with Gasteiger partial charge < -0.3 is 9.52 Å². The van der Waals surface area contributed by atoms with Crippen molar-refractivity contribution in [2.45, 2.75) is 6.10 Å². The number of hydrazone groups is 1. The molecule has 0 bridgehead atoms. The Morgan fingerprint density at radius 3 is 2.56 bits per heavy atom. The molecule has 126 valence electrons. The Hall–Kier alpha value is -2.89. The van der Waals surface area contributed by atoms with Gasteiger partial charge in [-0.25, -0.2) is 5.43 Å². The van der Waals surface area contributed by atoms with Crippen LogP contribution in [0.25, 0.3) is 11.3 Å². The molecule has 0 aliphatic carbocycles. The minimum atomic E-state index is -1.28. The van der Waals surface area contributed by atoms with Crippen LogP contribution in [-0.2, 0) is 4.79 Å². The van der Waals surface area contributed by atoms with Gasteiger partial charge in [-0.15, -0.1) is 0 Å². The first-order valence-electron chi connectivity index (χ1n) is 7.56. The first kappa shape index (κ1) is 17.0. The van der Waals surface area contributed by atoms with Crippen molar-refractivity contribution in [3.63, 3.8) is 0 Å². The number of carbonyl (C=O) groups excluding carboxylic acids is 1. The zero-order chi connectivity index (χ0) is 17.6. The highest BCUT2D eigenvalue weighted by atomic mass is 35.5. The maximum atomic E-state index is 11.9. The van der Waals surface area contributed by atoms with Crippen molar-refractivity contribution in [3.05, 3.63) is 83.1 Å². The summed E-state index contributed by atoms with van der Waals surface area (Å²) in [7, 11) is 0. The van der Waals surface area contributed by atoms with E-state index >= 15 is 0 Å². The maximum absolute atomic E-state index is 11.9. The molecule has 0 saturated carbocycles. The number of amides is 1. The fourth-order valence-electron chi connectivity index (χ4n) is 2.24. The van der Waals surface area contributed by atoms with Crippen molar-refractivity contribution in [2.24, 2.45) is 5.10 Å². The molecular formula is C19H15ClN2O3. The third-order valence-corrected chi connectivity index (χ3v) is 3.83. The molecule has 0 aliphatic heterocycles. The number of halogens is 1. The van der Waals surface area contributed by atoms with E-state index in [0.717, 1.165) is 5.56 Å². The fourth-order valence-corrected chi connectivity index (χ4v) is 2.46. The van der Waals surface area contributed by atoms with Crippen molar-refractivity contribution in [3.8, 4) is 11.3 Å². The van der Waals surface area contributed by atoms with Gasteiger partial charge in [0.2, 0.25) is 0 Å². The summed E-state index contributed by atoms with van der Waals surface area (Å²) < 4.78 is 5.63. The molecule has 0 fully saturated rings. The number of furan rings is 1. The second-order valence-corrected chi connectivity index (χ2v) is 5.64. The van der Waals surface area contributed by atoms with Crippen LogP contribution in [0.2, 0.25) is 5.02 Å². The molecule has 6 heteroatoms. The summed E-state index contributed by atoms with van der Waals surface area (Å²) >= 11 is 6.13. The van der Waals surface area contributed by atoms with Crippen LogP contribution in [-0.4, -0.2) is 17.2 Å². The first-order valence-corrected chi connectivity index (χ1v) is 7.93. The number of hydrogen-bond donors (Lipinski definition) is 2. The van der Waals surface area contributed by atoms with Crippen LogP contribution < -0.4 is 5.43 Å². The quantitative estimate of drug-likeness (QED) is 0.540. The minimum Gasteiger partial charge on any atom is -0.455 e. The summed E-state index contributed by atoms with van der Waals surface area (Å²) in [6.07, 6.45) is 0.0734. The minimum absolute atomic E-state index is 0.449. The molecule has 1 heterocycles. The Morgan fingerprint density at radius 2 is 1.80 bits per heavy atom. The Kier molecular flexibility index (Phi) is 5.28. The molecule has 3 rings (SSSR count). The van der Waals surface area contributed by atoms with E-state index in [0.29, 0.717) is 22.1 Å². The molecule has 0 aliphatic rings. The summed E-state index contributed by atoms with van der Waals surface area (Å²) in [5, 5.41) is 14.3. The third-order valence-electron chi connectivity index (χ3n) is 3.50. The third kappa shape index (κ3) is 4.15. The number of carbonyl (C=O) groups is 1. The van der Waals surface area contributed by atoms with Gasteiger partial charge in [0.1, 0.15) is 11.5 Å². The monoisotopic (exact) mass is 354 g/mol. The Balaban J connectivity index is 1.63. The van der Waals surface area contributed by atoms with Crippen molar-refractivity contribution >= 4 is 23.7 Å². The van der Waals surface area contributed by atoms with Gasteiger partial charge in [0.05, 0.1) is 11.2 Å². The van der Waals surface area contributed by atoms with Crippen LogP contribution in [0.4, 0.5) is 0 Å². The molecule has 0 unspecified atom stereocenters. The van der Waals surface area contributed by atoms with Crippen molar-refractivity contribution in [1.82, 2.24) is 5.43 Å². The lowest BCUT2D eigenvalue weighted by molar-refractivity contribution is -0.129. The summed E-state index contributed by atoms with van der Waals surface area (Å²) in [6.45, 7) is 0. The molecule has 1 aromatic heterocycles. The molecule has 25 heavy (non-hydrogen) atoms. The van der Waals surface area contributed by atoms with Crippen molar-refractivity contribution in [2.75, 3.05) is 0 Å². The standard InChI is InChI=1S/C19H15ClN2O3/c20-16-9-5-4-8-15(16)17-11-10-14(25-17)12-21-22-19(24)18(23)13-6-2-1-3-7-13/h1-12,18,23H,(H,22,24)/b21-12-/t18-/m1/s1. The number of aliphatic hydroxyl groups is 1. The second kappa shape index (κ2) is 7.79. The first-order chi connectivity index (χ1) is 12.1. The molecule has 1 amide bonds. The zero-order valence-corrected chi connectivity index (χ0v) is 13.9. The van der Waals surface area contributed by atoms with Gasteiger partial charge in [0, 0.05) is 5.56 Å². The molecule has 5 nitrogen and oxygen atoms in total. The SMILES string of the molecule is O=C(N/N=C\c1ccc(-c2ccccc2Cl)o1)[C@H](O)c1ccccc1. The average molecular weight is 355 g/mol. The van der Waals surface area contributed by atoms with Gasteiger partial charge in [0.25, 0.3) is 5.91 Å². The van der Waals surface area contributed by atoms with Crippen LogP contribution in [0.15, 0.2) is 76.2 Å². The molecule has 2 N–H and O–H groups in total. The van der Waals surface area contributed by atoms with E-state index in [-0.39, 0.29) is 0 Å². The van der Waals surface area contributed by atoms with E-state index in [4.69, 9.17) is 16.0 Å². The lowest BCUT2D eigenvalue weighted by Crippen LogP contribution is -2.25. The van der Waals surface area contributed by atoms with Crippen LogP contribution >= 0.6 is 11.6 Å². The molecule has 1 atom stereocenters. The highest BCUT2D eigenvalue weighted by molar-refractivity contribution is 6.33. The van der Waals surface area contributed by atoms with Gasteiger partial charge in [-0.05, 0) is 29.8 Å². The predicted octanol–water partition coefficient (Wildman–Crippen LogP) is 3.78. The van der Waals surface area contributed by atoms with E-state index in [1.807, 2.05) is 18.2 Å². The van der Waals surface area contributed by atoms with E-state index in [9.17, 15) is 9.90 Å². The average Bonchev–Trinajstić information content (AvgIpc) is 3.10. The van der Waals surface area contributed by atoms with E-state index in [2.05, 4.69) is 10.5 Å². The smallest absolute Gasteiger partial charge is 0.273 e. The molecular weight excluding hydrogens is 340 g/mol. The summed E-state index contributed by atoms with van der Waals surface area (Å²) in [5.41, 5.74) is 3.55. The highest BCUT2D eigenvalue weighted by Crippen LogP contribution is 2.28. The number of nitrogens with one attached hydrogen (secondary N) is 1. The summed E-state index contributed by atoms with van der Waals surface area (Å²) in [5.74, 6) is 0.424. The highest BCUT2D eigenvalue weighted by Gasteiger charge is 2.16. The van der Waals surface area contributed by atoms with Crippen LogP contribution in [0, 0.1) is 0 Å². The number of rotatable bonds is 5. The Bertz CT molecular complexity index is 890. The van der Waals surface area contributed by atoms with Gasteiger partial charge in [-0.2, -0.15) is 5.10 Å². The van der Waals surface area contributed by atoms with E-state index < -0.39 is 12.0 Å². The van der Waals surface area contributed by atoms with Crippen molar-refractivity contribution < 1.29 is 14.3 Å².